The third-order valence-electron chi connectivity index (χ3n) is 4.80. The molecule has 0 bridgehead atoms. The Morgan fingerprint density at radius 3 is 2.29 bits per heavy atom. The molecule has 1 N–H and O–H groups in total. The minimum Gasteiger partial charge on any atom is -0.505 e. The van der Waals surface area contributed by atoms with E-state index in [2.05, 4.69) is 40.0 Å². The van der Waals surface area contributed by atoms with Crippen LogP contribution in [0.4, 0.5) is 11.4 Å². The lowest BCUT2D eigenvalue weighted by molar-refractivity contribution is 0.346. The number of benzene rings is 2. The van der Waals surface area contributed by atoms with Crippen LogP contribution in [-0.4, -0.2) is 30.9 Å². The zero-order valence-electron chi connectivity index (χ0n) is 16.0. The van der Waals surface area contributed by atoms with Gasteiger partial charge < -0.3 is 5.11 Å². The zero-order chi connectivity index (χ0) is 20.3. The Balaban J connectivity index is 1.81. The van der Waals surface area contributed by atoms with E-state index in [4.69, 9.17) is 0 Å². The molecule has 0 radical (unpaired) electrons. The maximum Gasteiger partial charge on any atom is 0.243 e. The summed E-state index contributed by atoms with van der Waals surface area (Å²) in [6, 6.07) is 10.0. The normalized spacial score (nSPS) is 16.1. The van der Waals surface area contributed by atoms with E-state index in [1.165, 1.54) is 0 Å². The maximum absolute atomic E-state index is 12.7. The summed E-state index contributed by atoms with van der Waals surface area (Å²) >= 11 is 3.34. The molecule has 0 aromatic heterocycles. The number of sulfonamides is 1. The largest absolute Gasteiger partial charge is 0.505 e. The van der Waals surface area contributed by atoms with Crippen molar-refractivity contribution >= 4 is 37.3 Å². The molecular formula is C20H24BrN3O3S. The molecule has 28 heavy (non-hydrogen) atoms. The molecule has 0 atom stereocenters. The van der Waals surface area contributed by atoms with Gasteiger partial charge in [0.2, 0.25) is 10.0 Å². The lowest BCUT2D eigenvalue weighted by Crippen LogP contribution is -2.35. The molecule has 1 heterocycles. The van der Waals surface area contributed by atoms with Crippen LogP contribution in [0.2, 0.25) is 0 Å². The molecule has 8 heteroatoms. The van der Waals surface area contributed by atoms with Crippen molar-refractivity contribution in [2.75, 3.05) is 13.1 Å². The first-order chi connectivity index (χ1) is 13.3. The molecule has 0 amide bonds. The van der Waals surface area contributed by atoms with Gasteiger partial charge in [-0.2, -0.15) is 9.42 Å². The fourth-order valence-corrected chi connectivity index (χ4v) is 5.05. The molecule has 0 unspecified atom stereocenters. The van der Waals surface area contributed by atoms with Gasteiger partial charge in [-0.15, -0.1) is 5.11 Å². The molecule has 1 fully saturated rings. The summed E-state index contributed by atoms with van der Waals surface area (Å²) in [5.74, 6) is 0.308. The van der Waals surface area contributed by atoms with Gasteiger partial charge in [-0.3, -0.25) is 0 Å². The van der Waals surface area contributed by atoms with Gasteiger partial charge in [0, 0.05) is 13.1 Å². The van der Waals surface area contributed by atoms with Crippen LogP contribution in [0.15, 0.2) is 56.0 Å². The Morgan fingerprint density at radius 1 is 1.04 bits per heavy atom. The Morgan fingerprint density at radius 2 is 1.68 bits per heavy atom. The van der Waals surface area contributed by atoms with Crippen molar-refractivity contribution < 1.29 is 13.5 Å². The molecule has 2 aromatic rings. The van der Waals surface area contributed by atoms with E-state index in [9.17, 15) is 13.5 Å². The van der Waals surface area contributed by atoms with Gasteiger partial charge >= 0.3 is 0 Å². The summed E-state index contributed by atoms with van der Waals surface area (Å²) in [5, 5.41) is 18.5. The predicted molar refractivity (Wildman–Crippen MR) is 113 cm³/mol. The zero-order valence-corrected chi connectivity index (χ0v) is 18.4. The van der Waals surface area contributed by atoms with Crippen LogP contribution in [0, 0.1) is 0 Å². The number of hydrogen-bond donors (Lipinski definition) is 1. The van der Waals surface area contributed by atoms with Crippen molar-refractivity contribution in [1.82, 2.24) is 4.31 Å². The minimum atomic E-state index is -3.46. The Bertz CT molecular complexity index is 967. The standard InChI is InChI=1S/C20H24BrN3O3S/c1-14(2)15-12-18(21)20(25)19(13-15)23-22-16-6-8-17(9-7-16)28(26,27)24-10-4-3-5-11-24/h6-9,12-14,25H,3-5,10-11H2,1-2H3. The third-order valence-corrected chi connectivity index (χ3v) is 7.31. The molecule has 0 aliphatic carbocycles. The lowest BCUT2D eigenvalue weighted by Gasteiger charge is -2.25. The first-order valence-corrected chi connectivity index (χ1v) is 11.6. The van der Waals surface area contributed by atoms with Crippen molar-refractivity contribution in [3.63, 3.8) is 0 Å². The van der Waals surface area contributed by atoms with E-state index in [1.54, 1.807) is 34.6 Å². The minimum absolute atomic E-state index is 0.0254. The fraction of sp³-hybridized carbons (Fsp3) is 0.400. The summed E-state index contributed by atoms with van der Waals surface area (Å²) < 4.78 is 27.5. The summed E-state index contributed by atoms with van der Waals surface area (Å²) in [6.07, 6.45) is 2.88. The van der Waals surface area contributed by atoms with Crippen molar-refractivity contribution in [3.05, 3.63) is 46.4 Å². The van der Waals surface area contributed by atoms with Crippen LogP contribution in [0.25, 0.3) is 0 Å². The average Bonchev–Trinajstić information content (AvgIpc) is 2.69. The van der Waals surface area contributed by atoms with Crippen LogP contribution in [0.1, 0.15) is 44.6 Å². The topological polar surface area (TPSA) is 82.3 Å². The lowest BCUT2D eigenvalue weighted by atomic mass is 10.0. The average molecular weight is 466 g/mol. The number of piperidine rings is 1. The van der Waals surface area contributed by atoms with E-state index < -0.39 is 10.0 Å². The number of nitrogens with zero attached hydrogens (tertiary/aromatic N) is 3. The first-order valence-electron chi connectivity index (χ1n) is 9.33. The van der Waals surface area contributed by atoms with Gasteiger partial charge in [-0.25, -0.2) is 8.42 Å². The molecular weight excluding hydrogens is 442 g/mol. The summed E-state index contributed by atoms with van der Waals surface area (Å²) in [6.45, 7) is 5.26. The number of hydrogen-bond acceptors (Lipinski definition) is 5. The Labute approximate surface area is 174 Å². The van der Waals surface area contributed by atoms with Crippen LogP contribution in [0.3, 0.4) is 0 Å². The monoisotopic (exact) mass is 465 g/mol. The van der Waals surface area contributed by atoms with E-state index in [-0.39, 0.29) is 16.6 Å². The SMILES string of the molecule is CC(C)c1cc(Br)c(O)c(N=Nc2ccc(S(=O)(=O)N3CCCCC3)cc2)c1. The highest BCUT2D eigenvalue weighted by Gasteiger charge is 2.25. The number of azo groups is 1. The number of halogens is 1. The first kappa shape index (κ1) is 21.0. The maximum atomic E-state index is 12.7. The van der Waals surface area contributed by atoms with Crippen molar-refractivity contribution in [2.24, 2.45) is 10.2 Å². The highest BCUT2D eigenvalue weighted by molar-refractivity contribution is 9.10. The molecule has 6 nitrogen and oxygen atoms in total. The van der Waals surface area contributed by atoms with Crippen LogP contribution < -0.4 is 0 Å². The smallest absolute Gasteiger partial charge is 0.243 e. The van der Waals surface area contributed by atoms with Crippen molar-refractivity contribution in [2.45, 2.75) is 43.9 Å². The quantitative estimate of drug-likeness (QED) is 0.560. The second-order valence-electron chi connectivity index (χ2n) is 7.18. The van der Waals surface area contributed by atoms with Gasteiger partial charge in [-0.05, 0) is 76.7 Å². The van der Waals surface area contributed by atoms with E-state index in [1.807, 2.05) is 6.07 Å². The van der Waals surface area contributed by atoms with Gasteiger partial charge in [0.15, 0.2) is 5.75 Å². The third kappa shape index (κ3) is 4.61. The number of rotatable bonds is 5. The van der Waals surface area contributed by atoms with Gasteiger partial charge in [-0.1, -0.05) is 20.3 Å². The second kappa shape index (κ2) is 8.71. The number of phenols is 1. The van der Waals surface area contributed by atoms with Gasteiger partial charge in [0.25, 0.3) is 0 Å². The van der Waals surface area contributed by atoms with Crippen molar-refractivity contribution in [3.8, 4) is 5.75 Å². The highest BCUT2D eigenvalue weighted by atomic mass is 79.9. The molecule has 0 spiro atoms. The van der Waals surface area contributed by atoms with Crippen molar-refractivity contribution in [1.29, 1.82) is 0 Å². The molecule has 150 valence electrons. The molecule has 2 aromatic carbocycles. The van der Waals surface area contributed by atoms with Crippen LogP contribution >= 0.6 is 15.9 Å². The molecule has 1 aliphatic rings. The molecule has 3 rings (SSSR count). The van der Waals surface area contributed by atoms with E-state index in [0.29, 0.717) is 28.9 Å². The summed E-state index contributed by atoms with van der Waals surface area (Å²) in [5.41, 5.74) is 1.91. The highest BCUT2D eigenvalue weighted by Crippen LogP contribution is 2.38. The van der Waals surface area contributed by atoms with Gasteiger partial charge in [0.1, 0.15) is 5.69 Å². The molecule has 0 saturated carbocycles. The summed E-state index contributed by atoms with van der Waals surface area (Å²) in [4.78, 5) is 0.265. The molecule has 1 saturated heterocycles. The molecule has 1 aliphatic heterocycles. The van der Waals surface area contributed by atoms with E-state index >= 15 is 0 Å². The number of phenolic OH excluding ortho intramolecular Hbond substituents is 1. The Kier molecular flexibility index (Phi) is 6.52. The summed E-state index contributed by atoms with van der Waals surface area (Å²) in [7, 11) is -3.46. The second-order valence-corrected chi connectivity index (χ2v) is 9.98. The fourth-order valence-electron chi connectivity index (χ4n) is 3.07. The predicted octanol–water partition coefficient (Wildman–Crippen LogP) is 5.87. The van der Waals surface area contributed by atoms with E-state index in [0.717, 1.165) is 24.8 Å². The Hall–Kier alpha value is -1.77. The van der Waals surface area contributed by atoms with Crippen LogP contribution in [-0.2, 0) is 10.0 Å². The number of aromatic hydroxyl groups is 1. The van der Waals surface area contributed by atoms with Gasteiger partial charge in [0.05, 0.1) is 15.1 Å². The van der Waals surface area contributed by atoms with Crippen LogP contribution in [0.5, 0.6) is 5.75 Å².